The molecule has 0 amide bonds. The third-order valence-electron chi connectivity index (χ3n) is 8.68. The lowest BCUT2D eigenvalue weighted by atomic mass is 9.99. The van der Waals surface area contributed by atoms with E-state index in [1.807, 2.05) is 6.07 Å². The number of aliphatic hydroxyl groups is 9. The Labute approximate surface area is 296 Å². The van der Waals surface area contributed by atoms with Crippen LogP contribution in [0, 0.1) is 11.3 Å². The van der Waals surface area contributed by atoms with E-state index in [0.717, 1.165) is 6.08 Å². The predicted molar refractivity (Wildman–Crippen MR) is 170 cm³/mol. The molecule has 0 aromatic heterocycles. The molecule has 0 saturated carbocycles. The lowest BCUT2D eigenvalue weighted by molar-refractivity contribution is -0.325. The summed E-state index contributed by atoms with van der Waals surface area (Å²) in [5.41, 5.74) is 0.970. The molecule has 3 aliphatic heterocycles. The van der Waals surface area contributed by atoms with E-state index >= 15 is 0 Å². The number of carbonyl (C=O) groups is 1. The van der Waals surface area contributed by atoms with Crippen LogP contribution in [0.1, 0.15) is 17.2 Å². The van der Waals surface area contributed by atoms with Crippen molar-refractivity contribution in [3.8, 4) is 11.8 Å². The fourth-order valence-electron chi connectivity index (χ4n) is 5.63. The molecule has 0 unspecified atom stereocenters. The summed E-state index contributed by atoms with van der Waals surface area (Å²) in [6, 6.07) is 16.3. The van der Waals surface area contributed by atoms with Crippen LogP contribution >= 0.6 is 0 Å². The summed E-state index contributed by atoms with van der Waals surface area (Å²) in [7, 11) is 0. The number of carbonyl (C=O) groups excluding carboxylic acids is 1. The van der Waals surface area contributed by atoms with Gasteiger partial charge in [0.15, 0.2) is 24.8 Å². The van der Waals surface area contributed by atoms with Gasteiger partial charge in [0, 0.05) is 6.08 Å². The smallest absolute Gasteiger partial charge is 0.331 e. The second-order valence-electron chi connectivity index (χ2n) is 12.3. The zero-order valence-electron chi connectivity index (χ0n) is 27.4. The van der Waals surface area contributed by atoms with Crippen LogP contribution in [0.4, 0.5) is 0 Å². The Kier molecular flexibility index (Phi) is 13.7. The molecule has 2 aromatic rings. The molecule has 0 aliphatic carbocycles. The molecule has 0 bridgehead atoms. The SMILES string of the molecule is N#C[C@@H](O[C@H]1O[C@H](CO[C@H]2OC[C@@H](OC(=O)/C=C/c3ccc(O[C@@H]4O[C@H](CO)[C@@H](O)[C@H](O)[C@@H]4O)cc3)[C@@H](O)[C@H]2O)[C@@H](O)[C@H](O)[C@H]1O)c1ccccc1. The first-order valence-corrected chi connectivity index (χ1v) is 16.3. The predicted octanol–water partition coefficient (Wildman–Crippen LogP) is -3.03. The Hall–Kier alpha value is -3.62. The molecule has 15 atom stereocenters. The van der Waals surface area contributed by atoms with Gasteiger partial charge in [-0.25, -0.2) is 4.79 Å². The molecule has 3 fully saturated rings. The van der Waals surface area contributed by atoms with Crippen molar-refractivity contribution in [3.63, 3.8) is 0 Å². The van der Waals surface area contributed by atoms with E-state index in [1.54, 1.807) is 42.5 Å². The highest BCUT2D eigenvalue weighted by Gasteiger charge is 2.47. The van der Waals surface area contributed by atoms with E-state index < -0.39 is 118 Å². The quantitative estimate of drug-likeness (QED) is 0.0774. The van der Waals surface area contributed by atoms with Crippen molar-refractivity contribution in [2.75, 3.05) is 19.8 Å². The zero-order valence-corrected chi connectivity index (χ0v) is 27.4. The minimum atomic E-state index is -1.75. The molecule has 284 valence electrons. The summed E-state index contributed by atoms with van der Waals surface area (Å²) in [5, 5.41) is 101. The number of rotatable bonds is 12. The second kappa shape index (κ2) is 17.9. The average molecular weight is 736 g/mol. The van der Waals surface area contributed by atoms with Crippen molar-refractivity contribution in [3.05, 3.63) is 71.8 Å². The minimum absolute atomic E-state index is 0.208. The number of aliphatic hydroxyl groups excluding tert-OH is 9. The van der Waals surface area contributed by atoms with Gasteiger partial charge >= 0.3 is 5.97 Å². The van der Waals surface area contributed by atoms with E-state index in [0.29, 0.717) is 11.1 Å². The second-order valence-corrected chi connectivity index (χ2v) is 12.3. The highest BCUT2D eigenvalue weighted by Crippen LogP contribution is 2.29. The highest BCUT2D eigenvalue weighted by atomic mass is 16.7. The molecule has 9 N–H and O–H groups in total. The third kappa shape index (κ3) is 9.29. The van der Waals surface area contributed by atoms with Gasteiger partial charge in [-0.15, -0.1) is 0 Å². The largest absolute Gasteiger partial charge is 0.462 e. The Morgan fingerprint density at radius 3 is 2.06 bits per heavy atom. The van der Waals surface area contributed by atoms with Crippen LogP contribution in [0.2, 0.25) is 0 Å². The van der Waals surface area contributed by atoms with Crippen molar-refractivity contribution in [2.45, 2.75) is 92.1 Å². The maximum Gasteiger partial charge on any atom is 0.331 e. The van der Waals surface area contributed by atoms with E-state index in [1.165, 1.54) is 18.2 Å². The molecule has 0 radical (unpaired) electrons. The van der Waals surface area contributed by atoms with Crippen LogP contribution in [-0.2, 0) is 33.2 Å². The first-order chi connectivity index (χ1) is 24.9. The lowest BCUT2D eigenvalue weighted by Crippen LogP contribution is -2.60. The van der Waals surface area contributed by atoms with Gasteiger partial charge in [-0.2, -0.15) is 5.26 Å². The molecule has 0 spiro atoms. The van der Waals surface area contributed by atoms with Gasteiger partial charge in [-0.05, 0) is 29.3 Å². The molecule has 3 saturated heterocycles. The summed E-state index contributed by atoms with van der Waals surface area (Å²) in [6.45, 7) is -1.52. The van der Waals surface area contributed by atoms with Gasteiger partial charge in [0.25, 0.3) is 0 Å². The van der Waals surface area contributed by atoms with Gasteiger partial charge in [0.2, 0.25) is 6.29 Å². The Balaban J connectivity index is 1.09. The normalized spacial score (nSPS) is 37.2. The molecule has 18 heteroatoms. The Bertz CT molecular complexity index is 1510. The molecular formula is C34H41NO17. The molecule has 3 aliphatic rings. The maximum atomic E-state index is 12.5. The Morgan fingerprint density at radius 1 is 0.788 bits per heavy atom. The summed E-state index contributed by atoms with van der Waals surface area (Å²) in [4.78, 5) is 12.5. The van der Waals surface area contributed by atoms with E-state index in [4.69, 9.17) is 33.2 Å². The molecular weight excluding hydrogens is 694 g/mol. The van der Waals surface area contributed by atoms with Crippen LogP contribution < -0.4 is 4.74 Å². The standard InChI is InChI=1S/C34H41NO17/c35-12-19(17-4-2-1-3-5-17)50-34-31(45)28(42)25(39)22(52-34)15-47-32-29(43)26(40)21(14-46-32)49-23(37)11-8-16-6-9-18(10-7-16)48-33-30(44)27(41)24(38)20(13-36)51-33/h1-11,19-22,24-34,36,38-45H,13-15H2/b11-8+/t19-,20-,21-,22-,24-,25-,26-,27+,28+,29-,30+,31-,32-,33-,34+/m1/s1. The number of hydrogen-bond acceptors (Lipinski definition) is 18. The fourth-order valence-corrected chi connectivity index (χ4v) is 5.63. The number of esters is 1. The van der Waals surface area contributed by atoms with E-state index in [9.17, 15) is 56.0 Å². The van der Waals surface area contributed by atoms with Crippen LogP contribution in [0.15, 0.2) is 60.7 Å². The highest BCUT2D eigenvalue weighted by molar-refractivity contribution is 5.87. The lowest BCUT2D eigenvalue weighted by Gasteiger charge is -2.42. The van der Waals surface area contributed by atoms with Crippen molar-refractivity contribution in [1.29, 1.82) is 5.26 Å². The molecule has 18 nitrogen and oxygen atoms in total. The van der Waals surface area contributed by atoms with Crippen LogP contribution in [-0.4, -0.2) is 158 Å². The third-order valence-corrected chi connectivity index (χ3v) is 8.68. The molecule has 52 heavy (non-hydrogen) atoms. The first-order valence-electron chi connectivity index (χ1n) is 16.3. The van der Waals surface area contributed by atoms with Gasteiger partial charge in [-0.3, -0.25) is 0 Å². The van der Waals surface area contributed by atoms with Crippen LogP contribution in [0.5, 0.6) is 5.75 Å². The Morgan fingerprint density at radius 2 is 1.40 bits per heavy atom. The van der Waals surface area contributed by atoms with Crippen molar-refractivity contribution in [1.82, 2.24) is 0 Å². The molecule has 2 aromatic carbocycles. The number of hydrogen-bond donors (Lipinski definition) is 9. The van der Waals surface area contributed by atoms with E-state index in [2.05, 4.69) is 0 Å². The van der Waals surface area contributed by atoms with Crippen molar-refractivity contribution in [2.24, 2.45) is 0 Å². The monoisotopic (exact) mass is 735 g/mol. The minimum Gasteiger partial charge on any atom is -0.462 e. The van der Waals surface area contributed by atoms with Gasteiger partial charge in [0.05, 0.1) is 25.9 Å². The van der Waals surface area contributed by atoms with Crippen LogP contribution in [0.25, 0.3) is 6.08 Å². The maximum absolute atomic E-state index is 12.5. The number of nitrogens with zero attached hydrogens (tertiary/aromatic N) is 1. The van der Waals surface area contributed by atoms with Gasteiger partial charge in [0.1, 0.15) is 66.8 Å². The summed E-state index contributed by atoms with van der Waals surface area (Å²) in [6.07, 6.45) is -20.1. The number of ether oxygens (including phenoxy) is 7. The van der Waals surface area contributed by atoms with Crippen molar-refractivity contribution >= 4 is 12.0 Å². The number of nitriles is 1. The average Bonchev–Trinajstić information content (AvgIpc) is 3.16. The summed E-state index contributed by atoms with van der Waals surface area (Å²) >= 11 is 0. The van der Waals surface area contributed by atoms with E-state index in [-0.39, 0.29) is 5.75 Å². The summed E-state index contributed by atoms with van der Waals surface area (Å²) < 4.78 is 38.2. The van der Waals surface area contributed by atoms with Crippen LogP contribution in [0.3, 0.4) is 0 Å². The molecule has 5 rings (SSSR count). The van der Waals surface area contributed by atoms with Gasteiger partial charge < -0.3 is 79.1 Å². The first kappa shape index (κ1) is 39.6. The fraction of sp³-hybridized carbons (Fsp3) is 0.529. The molecule has 3 heterocycles. The number of benzene rings is 2. The topological polar surface area (TPSA) is 288 Å². The van der Waals surface area contributed by atoms with Crippen molar-refractivity contribution < 1.29 is 83.9 Å². The zero-order chi connectivity index (χ0) is 37.5. The van der Waals surface area contributed by atoms with Gasteiger partial charge in [-0.1, -0.05) is 42.5 Å². The summed E-state index contributed by atoms with van der Waals surface area (Å²) in [5.74, 6) is -0.677.